The summed E-state index contributed by atoms with van der Waals surface area (Å²) in [5, 5.41) is 0. The lowest BCUT2D eigenvalue weighted by Crippen LogP contribution is -2.34. The van der Waals surface area contributed by atoms with Gasteiger partial charge in [-0.15, -0.1) is 11.6 Å². The molecule has 0 aliphatic carbocycles. The third-order valence-electron chi connectivity index (χ3n) is 3.38. The molecule has 2 rings (SSSR count). The van der Waals surface area contributed by atoms with Crippen molar-refractivity contribution in [3.8, 4) is 11.5 Å². The number of hydrogen-bond donors (Lipinski definition) is 0. The van der Waals surface area contributed by atoms with Gasteiger partial charge in [0, 0.05) is 18.5 Å². The van der Waals surface area contributed by atoms with Crippen LogP contribution in [0.1, 0.15) is 12.8 Å². The zero-order valence-electron chi connectivity index (χ0n) is 10.8. The number of benzene rings is 1. The van der Waals surface area contributed by atoms with Gasteiger partial charge in [-0.25, -0.2) is 0 Å². The Labute approximate surface area is 114 Å². The number of ether oxygens (including phenoxy) is 2. The summed E-state index contributed by atoms with van der Waals surface area (Å²) in [6.45, 7) is 2.73. The van der Waals surface area contributed by atoms with Gasteiger partial charge in [-0.1, -0.05) is 12.1 Å². The van der Waals surface area contributed by atoms with Crippen molar-refractivity contribution in [1.29, 1.82) is 0 Å². The van der Waals surface area contributed by atoms with E-state index >= 15 is 0 Å². The Kier molecular flexibility index (Phi) is 5.14. The average molecular weight is 270 g/mol. The van der Waals surface area contributed by atoms with Crippen molar-refractivity contribution in [2.24, 2.45) is 0 Å². The van der Waals surface area contributed by atoms with E-state index in [1.807, 2.05) is 24.3 Å². The molecule has 0 radical (unpaired) electrons. The van der Waals surface area contributed by atoms with E-state index in [1.54, 1.807) is 7.11 Å². The number of likely N-dealkylation sites (tertiary alicyclic amines) is 1. The number of nitrogens with zero attached hydrogens (tertiary/aromatic N) is 1. The molecule has 0 spiro atoms. The van der Waals surface area contributed by atoms with Crippen molar-refractivity contribution in [1.82, 2.24) is 4.90 Å². The van der Waals surface area contributed by atoms with Crippen LogP contribution in [-0.4, -0.2) is 43.6 Å². The SMILES string of the molecule is COc1ccccc1OCCN1CCCC1CCl. The van der Waals surface area contributed by atoms with Gasteiger partial charge in [0.05, 0.1) is 7.11 Å². The minimum atomic E-state index is 0.521. The van der Waals surface area contributed by atoms with Gasteiger partial charge in [0.1, 0.15) is 6.61 Å². The molecule has 1 aromatic rings. The van der Waals surface area contributed by atoms with E-state index in [1.165, 1.54) is 12.8 Å². The third kappa shape index (κ3) is 3.30. The standard InChI is InChI=1S/C14H20ClNO2/c1-17-13-6-2-3-7-14(13)18-10-9-16-8-4-5-12(16)11-15/h2-3,6-7,12H,4-5,8-11H2,1H3. The number of halogens is 1. The smallest absolute Gasteiger partial charge is 0.161 e. The van der Waals surface area contributed by atoms with Crippen molar-refractivity contribution in [3.63, 3.8) is 0 Å². The van der Waals surface area contributed by atoms with E-state index in [4.69, 9.17) is 21.1 Å². The molecule has 1 fully saturated rings. The zero-order chi connectivity index (χ0) is 12.8. The monoisotopic (exact) mass is 269 g/mol. The summed E-state index contributed by atoms with van der Waals surface area (Å²) in [5.41, 5.74) is 0. The molecule has 1 aliphatic rings. The molecule has 1 aromatic carbocycles. The van der Waals surface area contributed by atoms with Crippen molar-refractivity contribution < 1.29 is 9.47 Å². The van der Waals surface area contributed by atoms with Crippen LogP contribution in [-0.2, 0) is 0 Å². The molecule has 1 heterocycles. The van der Waals surface area contributed by atoms with E-state index in [2.05, 4.69) is 4.90 Å². The zero-order valence-corrected chi connectivity index (χ0v) is 11.5. The number of hydrogen-bond acceptors (Lipinski definition) is 3. The molecule has 0 bridgehead atoms. The lowest BCUT2D eigenvalue weighted by molar-refractivity contribution is 0.201. The van der Waals surface area contributed by atoms with Crippen molar-refractivity contribution in [3.05, 3.63) is 24.3 Å². The van der Waals surface area contributed by atoms with Gasteiger partial charge in [0.15, 0.2) is 11.5 Å². The predicted molar refractivity (Wildman–Crippen MR) is 73.8 cm³/mol. The maximum absolute atomic E-state index is 5.94. The Balaban J connectivity index is 1.81. The lowest BCUT2D eigenvalue weighted by Gasteiger charge is -2.22. The van der Waals surface area contributed by atoms with Crippen LogP contribution >= 0.6 is 11.6 Å². The van der Waals surface area contributed by atoms with Crippen molar-refractivity contribution in [2.75, 3.05) is 32.7 Å². The maximum Gasteiger partial charge on any atom is 0.161 e. The van der Waals surface area contributed by atoms with Crippen LogP contribution in [0.2, 0.25) is 0 Å². The van der Waals surface area contributed by atoms with Gasteiger partial charge in [-0.05, 0) is 31.5 Å². The summed E-state index contributed by atoms with van der Waals surface area (Å²) in [7, 11) is 1.66. The van der Waals surface area contributed by atoms with Gasteiger partial charge in [0.25, 0.3) is 0 Å². The van der Waals surface area contributed by atoms with Crippen LogP contribution in [0.5, 0.6) is 11.5 Å². The molecule has 3 nitrogen and oxygen atoms in total. The van der Waals surface area contributed by atoms with Crippen LogP contribution < -0.4 is 9.47 Å². The fourth-order valence-electron chi connectivity index (χ4n) is 2.38. The first kappa shape index (κ1) is 13.5. The Morgan fingerprint density at radius 1 is 1.33 bits per heavy atom. The third-order valence-corrected chi connectivity index (χ3v) is 3.74. The largest absolute Gasteiger partial charge is 0.493 e. The minimum Gasteiger partial charge on any atom is -0.493 e. The van der Waals surface area contributed by atoms with Gasteiger partial charge >= 0.3 is 0 Å². The quantitative estimate of drug-likeness (QED) is 0.742. The summed E-state index contributed by atoms with van der Waals surface area (Å²) in [6.07, 6.45) is 2.45. The van der Waals surface area contributed by atoms with Crippen LogP contribution in [0, 0.1) is 0 Å². The van der Waals surface area contributed by atoms with Gasteiger partial charge in [-0.2, -0.15) is 0 Å². The van der Waals surface area contributed by atoms with E-state index in [0.717, 1.165) is 24.6 Å². The first-order valence-corrected chi connectivity index (χ1v) is 6.94. The normalized spacial score (nSPS) is 20.0. The Morgan fingerprint density at radius 3 is 2.83 bits per heavy atom. The fourth-order valence-corrected chi connectivity index (χ4v) is 2.72. The van der Waals surface area contributed by atoms with Crippen molar-refractivity contribution >= 4 is 11.6 Å². The summed E-state index contributed by atoms with van der Waals surface area (Å²) < 4.78 is 11.0. The Hall–Kier alpha value is -0.930. The highest BCUT2D eigenvalue weighted by molar-refractivity contribution is 6.18. The van der Waals surface area contributed by atoms with E-state index in [9.17, 15) is 0 Å². The molecule has 0 aromatic heterocycles. The second kappa shape index (κ2) is 6.86. The molecule has 0 amide bonds. The number of alkyl halides is 1. The lowest BCUT2D eigenvalue weighted by atomic mass is 10.2. The van der Waals surface area contributed by atoms with Crippen LogP contribution in [0.4, 0.5) is 0 Å². The molecule has 0 saturated carbocycles. The molecule has 4 heteroatoms. The molecule has 1 aliphatic heterocycles. The number of methoxy groups -OCH3 is 1. The van der Waals surface area contributed by atoms with Crippen LogP contribution in [0.3, 0.4) is 0 Å². The highest BCUT2D eigenvalue weighted by Crippen LogP contribution is 2.26. The van der Waals surface area contributed by atoms with Gasteiger partial charge < -0.3 is 9.47 Å². The van der Waals surface area contributed by atoms with E-state index in [0.29, 0.717) is 18.5 Å². The Bertz CT molecular complexity index is 373. The molecular formula is C14H20ClNO2. The fraction of sp³-hybridized carbons (Fsp3) is 0.571. The Morgan fingerprint density at radius 2 is 2.11 bits per heavy atom. The molecule has 0 N–H and O–H groups in total. The first-order valence-electron chi connectivity index (χ1n) is 6.41. The molecule has 1 unspecified atom stereocenters. The molecule has 1 saturated heterocycles. The van der Waals surface area contributed by atoms with Gasteiger partial charge in [-0.3, -0.25) is 4.90 Å². The first-order chi connectivity index (χ1) is 8.85. The molecule has 18 heavy (non-hydrogen) atoms. The summed E-state index contributed by atoms with van der Waals surface area (Å²) in [4.78, 5) is 2.41. The van der Waals surface area contributed by atoms with Crippen LogP contribution in [0.15, 0.2) is 24.3 Å². The van der Waals surface area contributed by atoms with E-state index in [-0.39, 0.29) is 0 Å². The molecule has 100 valence electrons. The summed E-state index contributed by atoms with van der Waals surface area (Å²) >= 11 is 5.94. The summed E-state index contributed by atoms with van der Waals surface area (Å²) in [6, 6.07) is 8.26. The average Bonchev–Trinajstić information content (AvgIpc) is 2.87. The van der Waals surface area contributed by atoms with Crippen molar-refractivity contribution in [2.45, 2.75) is 18.9 Å². The minimum absolute atomic E-state index is 0.521. The molecular weight excluding hydrogens is 250 g/mol. The maximum atomic E-state index is 5.94. The second-order valence-corrected chi connectivity index (χ2v) is 4.79. The summed E-state index contributed by atoms with van der Waals surface area (Å²) in [5.74, 6) is 2.31. The van der Waals surface area contributed by atoms with Crippen LogP contribution in [0.25, 0.3) is 0 Å². The number of para-hydroxylation sites is 2. The van der Waals surface area contributed by atoms with E-state index < -0.39 is 0 Å². The predicted octanol–water partition coefficient (Wildman–Crippen LogP) is 2.78. The number of rotatable bonds is 6. The highest BCUT2D eigenvalue weighted by Gasteiger charge is 2.23. The second-order valence-electron chi connectivity index (χ2n) is 4.49. The molecule has 1 atom stereocenters. The van der Waals surface area contributed by atoms with Gasteiger partial charge in [0.2, 0.25) is 0 Å². The highest BCUT2D eigenvalue weighted by atomic mass is 35.5. The topological polar surface area (TPSA) is 21.7 Å².